The van der Waals surface area contributed by atoms with Crippen LogP contribution in [0.1, 0.15) is 0 Å². The Balaban J connectivity index is 2.09. The third kappa shape index (κ3) is 1.86. The van der Waals surface area contributed by atoms with E-state index in [9.17, 15) is 0 Å². The largest absolute Gasteiger partial charge is 0.352 e. The average Bonchev–Trinajstić information content (AvgIpc) is 2.86. The molecule has 2 aromatic rings. The number of imidazole rings is 1. The minimum absolute atomic E-state index is 0.697. The number of H-pyrrole nitrogens is 1. The van der Waals surface area contributed by atoms with Gasteiger partial charge in [0.2, 0.25) is 5.95 Å². The number of fused-ring (bicyclic) bond motifs is 1. The number of nitrogens with one attached hydrogen (secondary N) is 2. The van der Waals surface area contributed by atoms with E-state index < -0.39 is 0 Å². The topological polar surface area (TPSA) is 73.0 Å². The monoisotopic (exact) mass is 247 g/mol. The van der Waals surface area contributed by atoms with E-state index in [-0.39, 0.29) is 0 Å². The van der Waals surface area contributed by atoms with Crippen molar-refractivity contribution in [3.05, 3.63) is 6.33 Å². The molecule has 0 radical (unpaired) electrons. The number of hydrogen-bond donors (Lipinski definition) is 2. The van der Waals surface area contributed by atoms with Crippen molar-refractivity contribution in [2.75, 3.05) is 50.1 Å². The number of aromatic amines is 1. The second-order valence-electron chi connectivity index (χ2n) is 4.58. The van der Waals surface area contributed by atoms with E-state index >= 15 is 0 Å². The number of hydrogen-bond acceptors (Lipinski definition) is 6. The third-order valence-corrected chi connectivity index (χ3v) is 3.07. The van der Waals surface area contributed by atoms with Crippen LogP contribution in [0, 0.1) is 0 Å². The highest BCUT2D eigenvalue weighted by molar-refractivity contribution is 5.84. The van der Waals surface area contributed by atoms with Gasteiger partial charge in [-0.1, -0.05) is 0 Å². The predicted molar refractivity (Wildman–Crippen MR) is 71.1 cm³/mol. The minimum Gasteiger partial charge on any atom is -0.352 e. The van der Waals surface area contributed by atoms with Gasteiger partial charge in [0.1, 0.15) is 5.52 Å². The smallest absolute Gasteiger partial charge is 0.228 e. The maximum atomic E-state index is 4.64. The van der Waals surface area contributed by atoms with E-state index in [2.05, 4.69) is 30.2 Å². The lowest BCUT2D eigenvalue weighted by Crippen LogP contribution is -2.44. The van der Waals surface area contributed by atoms with Gasteiger partial charge < -0.3 is 20.1 Å². The van der Waals surface area contributed by atoms with Crippen LogP contribution in [0.25, 0.3) is 11.2 Å². The number of nitrogens with zero attached hydrogens (tertiary/aromatic N) is 5. The van der Waals surface area contributed by atoms with Gasteiger partial charge in [-0.15, -0.1) is 0 Å². The first-order valence-electron chi connectivity index (χ1n) is 6.10. The van der Waals surface area contributed by atoms with E-state index in [0.29, 0.717) is 5.95 Å². The fourth-order valence-corrected chi connectivity index (χ4v) is 2.11. The molecular formula is C11H17N7. The Hall–Kier alpha value is -1.89. The van der Waals surface area contributed by atoms with Gasteiger partial charge in [0.15, 0.2) is 11.5 Å². The Bertz CT molecular complexity index is 541. The summed E-state index contributed by atoms with van der Waals surface area (Å²) in [5, 5.41) is 3.34. The van der Waals surface area contributed by atoms with Crippen LogP contribution in [0.5, 0.6) is 0 Å². The molecular weight excluding hydrogens is 230 g/mol. The highest BCUT2D eigenvalue weighted by atomic mass is 15.3. The molecule has 1 aliphatic rings. The molecule has 2 aromatic heterocycles. The first-order valence-corrected chi connectivity index (χ1v) is 6.10. The van der Waals surface area contributed by atoms with E-state index in [1.807, 2.05) is 19.0 Å². The summed E-state index contributed by atoms with van der Waals surface area (Å²) >= 11 is 0. The van der Waals surface area contributed by atoms with Crippen LogP contribution in [-0.2, 0) is 0 Å². The molecule has 0 aromatic carbocycles. The summed E-state index contributed by atoms with van der Waals surface area (Å²) in [7, 11) is 3.88. The van der Waals surface area contributed by atoms with E-state index in [4.69, 9.17) is 0 Å². The molecule has 1 aliphatic heterocycles. The number of rotatable bonds is 2. The Morgan fingerprint density at radius 2 is 2.00 bits per heavy atom. The van der Waals surface area contributed by atoms with Crippen molar-refractivity contribution in [2.24, 2.45) is 0 Å². The fourth-order valence-electron chi connectivity index (χ4n) is 2.11. The Morgan fingerprint density at radius 3 is 2.72 bits per heavy atom. The van der Waals surface area contributed by atoms with Gasteiger partial charge in [-0.3, -0.25) is 0 Å². The maximum Gasteiger partial charge on any atom is 0.228 e. The normalized spacial score (nSPS) is 16.2. The maximum absolute atomic E-state index is 4.64. The van der Waals surface area contributed by atoms with Crippen molar-refractivity contribution in [3.8, 4) is 0 Å². The standard InChI is InChI=1S/C11H17N7/c1-17(2)11-15-9-8(13-7-14-9)10(16-11)18-5-3-12-4-6-18/h7,12H,3-6H2,1-2H3,(H,13,14,15,16). The molecule has 7 heteroatoms. The molecule has 0 amide bonds. The third-order valence-electron chi connectivity index (χ3n) is 3.07. The molecule has 0 saturated carbocycles. The van der Waals surface area contributed by atoms with Crippen LogP contribution in [0.4, 0.5) is 11.8 Å². The molecule has 3 heterocycles. The molecule has 0 spiro atoms. The second-order valence-corrected chi connectivity index (χ2v) is 4.58. The Morgan fingerprint density at radius 1 is 1.22 bits per heavy atom. The summed E-state index contributed by atoms with van der Waals surface area (Å²) in [6, 6.07) is 0. The van der Waals surface area contributed by atoms with Gasteiger partial charge in [-0.2, -0.15) is 9.97 Å². The Labute approximate surface area is 105 Å². The number of anilines is 2. The van der Waals surface area contributed by atoms with Crippen molar-refractivity contribution in [3.63, 3.8) is 0 Å². The zero-order valence-electron chi connectivity index (χ0n) is 10.6. The van der Waals surface area contributed by atoms with Crippen LogP contribution in [0.15, 0.2) is 6.33 Å². The average molecular weight is 247 g/mol. The van der Waals surface area contributed by atoms with E-state index in [1.165, 1.54) is 0 Å². The summed E-state index contributed by atoms with van der Waals surface area (Å²) in [6.07, 6.45) is 1.67. The first kappa shape index (κ1) is 11.2. The van der Waals surface area contributed by atoms with Crippen molar-refractivity contribution < 1.29 is 0 Å². The summed E-state index contributed by atoms with van der Waals surface area (Å²) < 4.78 is 0. The highest BCUT2D eigenvalue weighted by Gasteiger charge is 2.18. The van der Waals surface area contributed by atoms with Crippen molar-refractivity contribution >= 4 is 22.9 Å². The molecule has 0 bridgehead atoms. The molecule has 1 fully saturated rings. The SMILES string of the molecule is CN(C)c1nc(N2CCNCC2)c2[nH]cnc2n1. The molecule has 96 valence electrons. The fraction of sp³-hybridized carbons (Fsp3) is 0.545. The Kier molecular flexibility index (Phi) is 2.75. The van der Waals surface area contributed by atoms with Crippen molar-refractivity contribution in [1.82, 2.24) is 25.3 Å². The van der Waals surface area contributed by atoms with E-state index in [0.717, 1.165) is 43.2 Å². The van der Waals surface area contributed by atoms with Crippen LogP contribution in [0.2, 0.25) is 0 Å². The van der Waals surface area contributed by atoms with Gasteiger partial charge in [0.25, 0.3) is 0 Å². The van der Waals surface area contributed by atoms with Crippen molar-refractivity contribution in [1.29, 1.82) is 0 Å². The molecule has 0 aliphatic carbocycles. The zero-order valence-corrected chi connectivity index (χ0v) is 10.6. The van der Waals surface area contributed by atoms with Gasteiger partial charge in [-0.05, 0) is 0 Å². The van der Waals surface area contributed by atoms with Gasteiger partial charge >= 0.3 is 0 Å². The molecule has 1 saturated heterocycles. The zero-order chi connectivity index (χ0) is 12.5. The molecule has 7 nitrogen and oxygen atoms in total. The predicted octanol–water partition coefficient (Wildman–Crippen LogP) is -0.171. The lowest BCUT2D eigenvalue weighted by atomic mass is 10.3. The quantitative estimate of drug-likeness (QED) is 0.767. The summed E-state index contributed by atoms with van der Waals surface area (Å²) in [5.74, 6) is 1.64. The second kappa shape index (κ2) is 4.41. The lowest BCUT2D eigenvalue weighted by molar-refractivity contribution is 0.586. The van der Waals surface area contributed by atoms with Crippen LogP contribution < -0.4 is 15.1 Å². The summed E-state index contributed by atoms with van der Waals surface area (Å²) in [5.41, 5.74) is 1.64. The number of piperazine rings is 1. The lowest BCUT2D eigenvalue weighted by Gasteiger charge is -2.29. The summed E-state index contributed by atoms with van der Waals surface area (Å²) in [6.45, 7) is 3.88. The van der Waals surface area contributed by atoms with Crippen LogP contribution >= 0.6 is 0 Å². The molecule has 18 heavy (non-hydrogen) atoms. The molecule has 0 unspecified atom stereocenters. The molecule has 0 atom stereocenters. The van der Waals surface area contributed by atoms with Gasteiger partial charge in [-0.25, -0.2) is 4.98 Å². The molecule has 3 rings (SSSR count). The first-order chi connectivity index (χ1) is 8.75. The van der Waals surface area contributed by atoms with Gasteiger partial charge in [0, 0.05) is 40.3 Å². The van der Waals surface area contributed by atoms with Crippen molar-refractivity contribution in [2.45, 2.75) is 0 Å². The number of aromatic nitrogens is 4. The highest BCUT2D eigenvalue weighted by Crippen LogP contribution is 2.23. The van der Waals surface area contributed by atoms with E-state index in [1.54, 1.807) is 6.33 Å². The van der Waals surface area contributed by atoms with Gasteiger partial charge in [0.05, 0.1) is 6.33 Å². The van der Waals surface area contributed by atoms with Crippen LogP contribution in [-0.4, -0.2) is 60.2 Å². The minimum atomic E-state index is 0.697. The molecule has 2 N–H and O–H groups in total. The van der Waals surface area contributed by atoms with Crippen LogP contribution in [0.3, 0.4) is 0 Å². The summed E-state index contributed by atoms with van der Waals surface area (Å²) in [4.78, 5) is 20.6.